The van der Waals surface area contributed by atoms with Gasteiger partial charge in [-0.25, -0.2) is 4.39 Å². The normalized spacial score (nSPS) is 11.1. The maximum Gasteiger partial charge on any atom is 0.339 e. The lowest BCUT2D eigenvalue weighted by Crippen LogP contribution is -2.33. The molecule has 0 fully saturated rings. The van der Waals surface area contributed by atoms with E-state index in [1.165, 1.54) is 74.8 Å². The van der Waals surface area contributed by atoms with Crippen LogP contribution < -0.4 is 13.7 Å². The molecule has 0 aromatic heterocycles. The Kier molecular flexibility index (Phi) is 8.67. The molecular formula is C25H26FNO7S. The Morgan fingerprint density at radius 1 is 0.914 bits per heavy atom. The van der Waals surface area contributed by atoms with Crippen LogP contribution in [0.5, 0.6) is 17.2 Å². The Morgan fingerprint density at radius 2 is 1.66 bits per heavy atom. The van der Waals surface area contributed by atoms with Gasteiger partial charge in [-0.1, -0.05) is 12.1 Å². The van der Waals surface area contributed by atoms with Crippen LogP contribution in [0, 0.1) is 5.82 Å². The average Bonchev–Trinajstić information content (AvgIpc) is 2.86. The summed E-state index contributed by atoms with van der Waals surface area (Å²) in [7, 11) is 0.203. The highest BCUT2D eigenvalue weighted by molar-refractivity contribution is 7.87. The van der Waals surface area contributed by atoms with Crippen LogP contribution in [0.2, 0.25) is 0 Å². The molecule has 0 bridgehead atoms. The first-order valence-corrected chi connectivity index (χ1v) is 12.0. The minimum Gasteiger partial charge on any atom is -0.497 e. The van der Waals surface area contributed by atoms with Gasteiger partial charge in [-0.15, -0.1) is 0 Å². The van der Waals surface area contributed by atoms with Crippen molar-refractivity contribution in [1.82, 2.24) is 4.90 Å². The zero-order chi connectivity index (χ0) is 25.4. The predicted molar refractivity (Wildman–Crippen MR) is 127 cm³/mol. The number of methoxy groups -OCH3 is 3. The Balaban J connectivity index is 1.88. The van der Waals surface area contributed by atoms with E-state index in [9.17, 15) is 17.6 Å². The molecule has 3 aromatic carbocycles. The van der Waals surface area contributed by atoms with Crippen LogP contribution in [-0.2, 0) is 21.4 Å². The fourth-order valence-electron chi connectivity index (χ4n) is 3.27. The van der Waals surface area contributed by atoms with Crippen molar-refractivity contribution in [2.45, 2.75) is 11.4 Å². The second-order valence-corrected chi connectivity index (χ2v) is 8.97. The van der Waals surface area contributed by atoms with Gasteiger partial charge in [-0.05, 0) is 60.2 Å². The second-order valence-electron chi connectivity index (χ2n) is 7.43. The van der Waals surface area contributed by atoms with Crippen LogP contribution in [0.1, 0.15) is 15.9 Å². The third kappa shape index (κ3) is 6.71. The van der Waals surface area contributed by atoms with E-state index in [4.69, 9.17) is 18.4 Å². The lowest BCUT2D eigenvalue weighted by Gasteiger charge is -2.23. The van der Waals surface area contributed by atoms with Crippen LogP contribution in [0.25, 0.3) is 0 Å². The van der Waals surface area contributed by atoms with Crippen molar-refractivity contribution in [3.8, 4) is 17.2 Å². The number of carbonyl (C=O) groups is 1. The maximum absolute atomic E-state index is 13.7. The van der Waals surface area contributed by atoms with Gasteiger partial charge < -0.3 is 23.3 Å². The van der Waals surface area contributed by atoms with Crippen molar-refractivity contribution >= 4 is 16.0 Å². The Bertz CT molecular complexity index is 1260. The van der Waals surface area contributed by atoms with Crippen LogP contribution in [0.15, 0.2) is 71.6 Å². The molecule has 0 aliphatic heterocycles. The van der Waals surface area contributed by atoms with Crippen molar-refractivity contribution in [3.63, 3.8) is 0 Å². The lowest BCUT2D eigenvalue weighted by atomic mass is 10.1. The zero-order valence-corrected chi connectivity index (χ0v) is 20.4. The predicted octanol–water partition coefficient (Wildman–Crippen LogP) is 3.90. The summed E-state index contributed by atoms with van der Waals surface area (Å²) in [5.74, 6) is -0.254. The number of halogens is 1. The van der Waals surface area contributed by atoms with E-state index in [2.05, 4.69) is 0 Å². The lowest BCUT2D eigenvalue weighted by molar-refractivity contribution is 0.0679. The standard InChI is InChI=1S/C25H26FNO7S/c1-31-14-13-27(25(28)19-5-4-6-20(26)16-19)17-18-7-12-23(33-3)24(15-18)34-35(29,30)22-10-8-21(32-2)9-11-22/h4-12,15-16H,13-14,17H2,1-3H3. The molecular weight excluding hydrogens is 477 g/mol. The number of hydrogen-bond acceptors (Lipinski definition) is 7. The second kappa shape index (κ2) is 11.7. The number of benzene rings is 3. The summed E-state index contributed by atoms with van der Waals surface area (Å²) in [6.07, 6.45) is 0. The van der Waals surface area contributed by atoms with E-state index >= 15 is 0 Å². The molecule has 0 spiro atoms. The van der Waals surface area contributed by atoms with E-state index < -0.39 is 21.8 Å². The number of rotatable bonds is 11. The van der Waals surface area contributed by atoms with E-state index in [0.717, 1.165) is 6.07 Å². The summed E-state index contributed by atoms with van der Waals surface area (Å²) in [6, 6.07) is 15.9. The minimum atomic E-state index is -4.17. The maximum atomic E-state index is 13.7. The van der Waals surface area contributed by atoms with Crippen molar-refractivity contribution < 1.29 is 36.0 Å². The number of carbonyl (C=O) groups excluding carboxylic acids is 1. The molecule has 0 heterocycles. The summed E-state index contributed by atoms with van der Waals surface area (Å²) in [5.41, 5.74) is 0.764. The Labute approximate surface area is 203 Å². The highest BCUT2D eigenvalue weighted by Gasteiger charge is 2.21. The first kappa shape index (κ1) is 26.0. The molecule has 0 atom stereocenters. The van der Waals surface area contributed by atoms with Gasteiger partial charge >= 0.3 is 10.1 Å². The molecule has 0 saturated carbocycles. The molecule has 8 nitrogen and oxygen atoms in total. The molecule has 186 valence electrons. The smallest absolute Gasteiger partial charge is 0.339 e. The third-order valence-electron chi connectivity index (χ3n) is 5.07. The molecule has 0 unspecified atom stereocenters. The molecule has 3 rings (SSSR count). The zero-order valence-electron chi connectivity index (χ0n) is 19.6. The van der Waals surface area contributed by atoms with Crippen molar-refractivity contribution in [1.29, 1.82) is 0 Å². The molecule has 35 heavy (non-hydrogen) atoms. The third-order valence-corrected chi connectivity index (χ3v) is 6.32. The first-order valence-electron chi connectivity index (χ1n) is 10.6. The summed E-state index contributed by atoms with van der Waals surface area (Å²) in [5, 5.41) is 0. The van der Waals surface area contributed by atoms with Gasteiger partial charge in [0.15, 0.2) is 11.5 Å². The first-order chi connectivity index (χ1) is 16.8. The van der Waals surface area contributed by atoms with Crippen LogP contribution in [0.4, 0.5) is 4.39 Å². The SMILES string of the molecule is COCCN(Cc1ccc(OC)c(OS(=O)(=O)c2ccc(OC)cc2)c1)C(=O)c1cccc(F)c1. The Morgan fingerprint density at radius 3 is 2.29 bits per heavy atom. The van der Waals surface area contributed by atoms with Crippen LogP contribution >= 0.6 is 0 Å². The van der Waals surface area contributed by atoms with Gasteiger partial charge in [0.25, 0.3) is 5.91 Å². The molecule has 0 N–H and O–H groups in total. The van der Waals surface area contributed by atoms with Crippen LogP contribution in [-0.4, -0.2) is 53.7 Å². The topological polar surface area (TPSA) is 91.4 Å². The molecule has 0 aliphatic carbocycles. The van der Waals surface area contributed by atoms with E-state index in [1.54, 1.807) is 12.1 Å². The minimum absolute atomic E-state index is 0.0364. The van der Waals surface area contributed by atoms with Crippen LogP contribution in [0.3, 0.4) is 0 Å². The molecule has 0 saturated heterocycles. The fourth-order valence-corrected chi connectivity index (χ4v) is 4.20. The number of ether oxygens (including phenoxy) is 3. The van der Waals surface area contributed by atoms with Gasteiger partial charge in [0.2, 0.25) is 0 Å². The summed E-state index contributed by atoms with van der Waals surface area (Å²) >= 11 is 0. The monoisotopic (exact) mass is 503 g/mol. The quantitative estimate of drug-likeness (QED) is 0.367. The van der Waals surface area contributed by atoms with Crippen molar-refractivity contribution in [2.24, 2.45) is 0 Å². The summed E-state index contributed by atoms with van der Waals surface area (Å²) < 4.78 is 60.1. The Hall–Kier alpha value is -3.63. The largest absolute Gasteiger partial charge is 0.497 e. The van der Waals surface area contributed by atoms with Gasteiger partial charge in [-0.2, -0.15) is 8.42 Å². The van der Waals surface area contributed by atoms with Gasteiger partial charge in [0.05, 0.1) is 20.8 Å². The number of amides is 1. The molecule has 3 aromatic rings. The summed E-state index contributed by atoms with van der Waals surface area (Å²) in [4.78, 5) is 14.4. The molecule has 0 radical (unpaired) electrons. The highest BCUT2D eigenvalue weighted by atomic mass is 32.2. The van der Waals surface area contributed by atoms with Gasteiger partial charge in [0.1, 0.15) is 16.5 Å². The molecule has 1 amide bonds. The van der Waals surface area contributed by atoms with Crippen molar-refractivity contribution in [2.75, 3.05) is 34.5 Å². The fraction of sp³-hybridized carbons (Fsp3) is 0.240. The highest BCUT2D eigenvalue weighted by Crippen LogP contribution is 2.32. The number of hydrogen-bond donors (Lipinski definition) is 0. The average molecular weight is 504 g/mol. The van der Waals surface area contributed by atoms with E-state index in [-0.39, 0.29) is 41.7 Å². The van der Waals surface area contributed by atoms with Gasteiger partial charge in [0, 0.05) is 25.8 Å². The summed E-state index contributed by atoms with van der Waals surface area (Å²) in [6.45, 7) is 0.590. The molecule has 10 heteroatoms. The molecule has 0 aliphatic rings. The van der Waals surface area contributed by atoms with E-state index in [0.29, 0.717) is 11.3 Å². The number of nitrogens with zero attached hydrogens (tertiary/aromatic N) is 1. The van der Waals surface area contributed by atoms with E-state index in [1.807, 2.05) is 0 Å². The van der Waals surface area contributed by atoms with Gasteiger partial charge in [-0.3, -0.25) is 4.79 Å². The van der Waals surface area contributed by atoms with Crippen molar-refractivity contribution in [3.05, 3.63) is 83.7 Å².